The molecule has 0 unspecified atom stereocenters. The van der Waals surface area contributed by atoms with E-state index in [1.807, 2.05) is 25.1 Å². The first-order valence-corrected chi connectivity index (χ1v) is 11.3. The molecule has 1 atom stereocenters. The van der Waals surface area contributed by atoms with Crippen LogP contribution < -0.4 is 19.5 Å². The van der Waals surface area contributed by atoms with Gasteiger partial charge in [-0.1, -0.05) is 30.3 Å². The molecule has 0 aromatic heterocycles. The van der Waals surface area contributed by atoms with Crippen LogP contribution in [-0.2, 0) is 14.8 Å². The zero-order chi connectivity index (χ0) is 22.3. The third-order valence-electron chi connectivity index (χ3n) is 4.29. The summed E-state index contributed by atoms with van der Waals surface area (Å²) in [4.78, 5) is 12.7. The number of hydrogen-bond acceptors (Lipinski definition) is 5. The topological polar surface area (TPSA) is 93.7 Å². The van der Waals surface area contributed by atoms with Gasteiger partial charge in [-0.15, -0.1) is 0 Å². The van der Waals surface area contributed by atoms with Gasteiger partial charge in [-0.05, 0) is 62.4 Å². The van der Waals surface area contributed by atoms with Gasteiger partial charge in [0.15, 0.2) is 5.75 Å². The van der Waals surface area contributed by atoms with Gasteiger partial charge in [0.05, 0.1) is 23.2 Å². The van der Waals surface area contributed by atoms with E-state index in [1.54, 1.807) is 48.5 Å². The monoisotopic (exact) mass is 440 g/mol. The molecule has 0 fully saturated rings. The number of hydrogen-bond donors (Lipinski definition) is 2. The molecule has 8 heteroatoms. The van der Waals surface area contributed by atoms with Crippen LogP contribution in [0.15, 0.2) is 83.8 Å². The highest BCUT2D eigenvalue weighted by atomic mass is 32.2. The Morgan fingerprint density at radius 2 is 1.55 bits per heavy atom. The van der Waals surface area contributed by atoms with E-state index in [0.29, 0.717) is 29.5 Å². The molecule has 1 amide bonds. The van der Waals surface area contributed by atoms with Crippen LogP contribution in [0.4, 0.5) is 5.69 Å². The van der Waals surface area contributed by atoms with Gasteiger partial charge in [-0.2, -0.15) is 4.72 Å². The summed E-state index contributed by atoms with van der Waals surface area (Å²) in [6.07, 6.45) is 0. The SMILES string of the molecule is CCOc1ccc(S(=O)(=O)N[C@H](C)C(=O)Nc2ccccc2Oc2ccccc2)cc1. The van der Waals surface area contributed by atoms with E-state index in [9.17, 15) is 13.2 Å². The Hall–Kier alpha value is -3.36. The first-order chi connectivity index (χ1) is 14.9. The van der Waals surface area contributed by atoms with Gasteiger partial charge >= 0.3 is 0 Å². The average molecular weight is 441 g/mol. The van der Waals surface area contributed by atoms with Crippen molar-refractivity contribution in [3.05, 3.63) is 78.9 Å². The number of carbonyl (C=O) groups excluding carboxylic acids is 1. The second-order valence-corrected chi connectivity index (χ2v) is 8.36. The van der Waals surface area contributed by atoms with Crippen LogP contribution in [-0.4, -0.2) is 27.0 Å². The Labute approximate surface area is 182 Å². The minimum absolute atomic E-state index is 0.0448. The van der Waals surface area contributed by atoms with Gasteiger partial charge < -0.3 is 14.8 Å². The van der Waals surface area contributed by atoms with E-state index in [-0.39, 0.29) is 4.90 Å². The standard InChI is InChI=1S/C23H24N2O5S/c1-3-29-18-13-15-20(16-14-18)31(27,28)25-17(2)23(26)24-21-11-7-8-12-22(21)30-19-9-5-4-6-10-19/h4-17,25H,3H2,1-2H3,(H,24,26)/t17-/m1/s1. The van der Waals surface area contributed by atoms with Crippen LogP contribution in [0, 0.1) is 0 Å². The van der Waals surface area contributed by atoms with Crippen LogP contribution >= 0.6 is 0 Å². The smallest absolute Gasteiger partial charge is 0.242 e. The normalized spacial score (nSPS) is 12.1. The van der Waals surface area contributed by atoms with Crippen molar-refractivity contribution >= 4 is 21.6 Å². The molecular formula is C23H24N2O5S. The molecule has 162 valence electrons. The van der Waals surface area contributed by atoms with Crippen LogP contribution in [0.3, 0.4) is 0 Å². The van der Waals surface area contributed by atoms with Gasteiger partial charge in [0.2, 0.25) is 15.9 Å². The first kappa shape index (κ1) is 22.3. The summed E-state index contributed by atoms with van der Waals surface area (Å²) in [5, 5.41) is 2.72. The Bertz CT molecular complexity index is 1120. The molecule has 0 saturated carbocycles. The summed E-state index contributed by atoms with van der Waals surface area (Å²) in [6, 6.07) is 21.1. The molecule has 2 N–H and O–H groups in total. The summed E-state index contributed by atoms with van der Waals surface area (Å²) in [7, 11) is -3.88. The molecule has 0 heterocycles. The predicted molar refractivity (Wildman–Crippen MR) is 119 cm³/mol. The summed E-state index contributed by atoms with van der Waals surface area (Å²) in [6.45, 7) is 3.80. The zero-order valence-electron chi connectivity index (χ0n) is 17.2. The minimum Gasteiger partial charge on any atom is -0.494 e. The third kappa shape index (κ3) is 6.07. The maximum Gasteiger partial charge on any atom is 0.242 e. The fourth-order valence-electron chi connectivity index (χ4n) is 2.75. The lowest BCUT2D eigenvalue weighted by Gasteiger charge is -2.16. The van der Waals surface area contributed by atoms with Crippen molar-refractivity contribution in [2.24, 2.45) is 0 Å². The van der Waals surface area contributed by atoms with Crippen LogP contribution in [0.1, 0.15) is 13.8 Å². The van der Waals surface area contributed by atoms with Crippen molar-refractivity contribution in [1.29, 1.82) is 0 Å². The number of para-hydroxylation sites is 3. The molecule has 0 aliphatic heterocycles. The number of carbonyl (C=O) groups is 1. The van der Waals surface area contributed by atoms with Crippen molar-refractivity contribution in [3.8, 4) is 17.2 Å². The first-order valence-electron chi connectivity index (χ1n) is 9.77. The van der Waals surface area contributed by atoms with Crippen LogP contribution in [0.2, 0.25) is 0 Å². The molecule has 0 saturated heterocycles. The fourth-order valence-corrected chi connectivity index (χ4v) is 3.95. The van der Waals surface area contributed by atoms with Crippen molar-refractivity contribution < 1.29 is 22.7 Å². The van der Waals surface area contributed by atoms with Gasteiger partial charge in [0, 0.05) is 0 Å². The Kier molecular flexibility index (Phi) is 7.28. The van der Waals surface area contributed by atoms with Gasteiger partial charge in [-0.3, -0.25) is 4.79 Å². The number of ether oxygens (including phenoxy) is 2. The van der Waals surface area contributed by atoms with E-state index in [0.717, 1.165) is 0 Å². The van der Waals surface area contributed by atoms with Crippen LogP contribution in [0.5, 0.6) is 17.2 Å². The lowest BCUT2D eigenvalue weighted by atomic mass is 10.2. The average Bonchev–Trinajstić information content (AvgIpc) is 2.76. The maximum atomic E-state index is 12.7. The number of rotatable bonds is 9. The maximum absolute atomic E-state index is 12.7. The van der Waals surface area contributed by atoms with Crippen molar-refractivity contribution in [1.82, 2.24) is 4.72 Å². The van der Waals surface area contributed by atoms with Gasteiger partial charge in [-0.25, -0.2) is 8.42 Å². The molecule has 0 spiro atoms. The molecule has 3 rings (SSSR count). The molecule has 0 aliphatic rings. The highest BCUT2D eigenvalue weighted by Crippen LogP contribution is 2.29. The predicted octanol–water partition coefficient (Wildman–Crippen LogP) is 4.18. The van der Waals surface area contributed by atoms with E-state index >= 15 is 0 Å². The summed E-state index contributed by atoms with van der Waals surface area (Å²) in [5.74, 6) is 1.12. The molecule has 31 heavy (non-hydrogen) atoms. The number of sulfonamides is 1. The van der Waals surface area contributed by atoms with Crippen molar-refractivity contribution in [2.75, 3.05) is 11.9 Å². The molecule has 3 aromatic carbocycles. The Morgan fingerprint density at radius 3 is 2.23 bits per heavy atom. The highest BCUT2D eigenvalue weighted by Gasteiger charge is 2.23. The quantitative estimate of drug-likeness (QED) is 0.521. The van der Waals surface area contributed by atoms with E-state index in [1.165, 1.54) is 19.1 Å². The zero-order valence-corrected chi connectivity index (χ0v) is 18.1. The fraction of sp³-hybridized carbons (Fsp3) is 0.174. The number of anilines is 1. The Morgan fingerprint density at radius 1 is 0.903 bits per heavy atom. The largest absolute Gasteiger partial charge is 0.494 e. The molecule has 7 nitrogen and oxygen atoms in total. The molecule has 0 radical (unpaired) electrons. The summed E-state index contributed by atoms with van der Waals surface area (Å²) in [5.41, 5.74) is 0.434. The van der Waals surface area contributed by atoms with E-state index in [4.69, 9.17) is 9.47 Å². The van der Waals surface area contributed by atoms with Gasteiger partial charge in [0.1, 0.15) is 11.5 Å². The lowest BCUT2D eigenvalue weighted by molar-refractivity contribution is -0.117. The molecular weight excluding hydrogens is 416 g/mol. The Balaban J connectivity index is 1.68. The lowest BCUT2D eigenvalue weighted by Crippen LogP contribution is -2.41. The summed E-state index contributed by atoms with van der Waals surface area (Å²) >= 11 is 0. The number of amides is 1. The van der Waals surface area contributed by atoms with E-state index in [2.05, 4.69) is 10.0 Å². The van der Waals surface area contributed by atoms with Gasteiger partial charge in [0.25, 0.3) is 0 Å². The minimum atomic E-state index is -3.88. The van der Waals surface area contributed by atoms with Crippen LogP contribution in [0.25, 0.3) is 0 Å². The molecule has 0 bridgehead atoms. The summed E-state index contributed by atoms with van der Waals surface area (Å²) < 4.78 is 38.8. The molecule has 0 aliphatic carbocycles. The third-order valence-corrected chi connectivity index (χ3v) is 5.84. The molecule has 3 aromatic rings. The van der Waals surface area contributed by atoms with E-state index < -0.39 is 22.0 Å². The highest BCUT2D eigenvalue weighted by molar-refractivity contribution is 7.89. The second kappa shape index (κ2) is 10.1. The second-order valence-electron chi connectivity index (χ2n) is 6.65. The number of nitrogens with one attached hydrogen (secondary N) is 2. The number of benzene rings is 3. The van der Waals surface area contributed by atoms with Crippen molar-refractivity contribution in [3.63, 3.8) is 0 Å². The van der Waals surface area contributed by atoms with Crippen molar-refractivity contribution in [2.45, 2.75) is 24.8 Å².